The monoisotopic (exact) mass is 385 g/mol. The van der Waals surface area contributed by atoms with E-state index in [1.54, 1.807) is 31.2 Å². The SMILES string of the molecule is Cc1c(C(=O)O)cn2ncc(C#N)c(Oc3ccc(Oc4ccccc4)cc3)c12. The van der Waals surface area contributed by atoms with E-state index in [9.17, 15) is 15.2 Å². The van der Waals surface area contributed by atoms with Crippen molar-refractivity contribution in [1.29, 1.82) is 5.26 Å². The van der Waals surface area contributed by atoms with Crippen molar-refractivity contribution in [2.24, 2.45) is 0 Å². The van der Waals surface area contributed by atoms with Gasteiger partial charge in [-0.05, 0) is 48.9 Å². The molecule has 0 saturated heterocycles. The fourth-order valence-corrected chi connectivity index (χ4v) is 2.97. The molecule has 7 nitrogen and oxygen atoms in total. The Hall–Kier alpha value is -4.31. The Kier molecular flexibility index (Phi) is 4.59. The minimum Gasteiger partial charge on any atom is -0.478 e. The molecule has 0 atom stereocenters. The number of aromatic nitrogens is 2. The van der Waals surface area contributed by atoms with E-state index >= 15 is 0 Å². The van der Waals surface area contributed by atoms with E-state index in [1.165, 1.54) is 16.9 Å². The zero-order chi connectivity index (χ0) is 20.4. The number of nitriles is 1. The maximum Gasteiger partial charge on any atom is 0.337 e. The van der Waals surface area contributed by atoms with Gasteiger partial charge in [0.15, 0.2) is 5.75 Å². The average Bonchev–Trinajstić information content (AvgIpc) is 3.08. The largest absolute Gasteiger partial charge is 0.478 e. The normalized spacial score (nSPS) is 10.5. The molecule has 0 spiro atoms. The molecule has 0 radical (unpaired) electrons. The minimum absolute atomic E-state index is 0.101. The highest BCUT2D eigenvalue weighted by Crippen LogP contribution is 2.34. The van der Waals surface area contributed by atoms with Crippen molar-refractivity contribution in [2.45, 2.75) is 6.92 Å². The summed E-state index contributed by atoms with van der Waals surface area (Å²) in [6.45, 7) is 1.66. The fraction of sp³-hybridized carbons (Fsp3) is 0.0455. The van der Waals surface area contributed by atoms with Crippen LogP contribution in [-0.2, 0) is 0 Å². The van der Waals surface area contributed by atoms with Gasteiger partial charge in [0.25, 0.3) is 0 Å². The number of aromatic carboxylic acids is 1. The first kappa shape index (κ1) is 18.1. The summed E-state index contributed by atoms with van der Waals surface area (Å²) in [5.74, 6) is 1.02. The topological polar surface area (TPSA) is 96.8 Å². The summed E-state index contributed by atoms with van der Waals surface area (Å²) in [5, 5.41) is 22.9. The summed E-state index contributed by atoms with van der Waals surface area (Å²) >= 11 is 0. The third-order valence-electron chi connectivity index (χ3n) is 4.38. The Morgan fingerprint density at radius 2 is 1.66 bits per heavy atom. The maximum atomic E-state index is 11.4. The van der Waals surface area contributed by atoms with E-state index in [4.69, 9.17) is 9.47 Å². The van der Waals surface area contributed by atoms with Gasteiger partial charge in [0, 0.05) is 6.20 Å². The first-order chi connectivity index (χ1) is 14.1. The molecule has 0 saturated carbocycles. The molecule has 2 heterocycles. The van der Waals surface area contributed by atoms with Crippen LogP contribution in [0.2, 0.25) is 0 Å². The summed E-state index contributed by atoms with van der Waals surface area (Å²) in [6.07, 6.45) is 2.75. The lowest BCUT2D eigenvalue weighted by Gasteiger charge is -2.11. The number of hydrogen-bond donors (Lipinski definition) is 1. The van der Waals surface area contributed by atoms with Gasteiger partial charge in [-0.1, -0.05) is 18.2 Å². The highest BCUT2D eigenvalue weighted by molar-refractivity contribution is 5.93. The molecule has 2 aromatic heterocycles. The van der Waals surface area contributed by atoms with Crippen LogP contribution >= 0.6 is 0 Å². The van der Waals surface area contributed by atoms with E-state index in [1.807, 2.05) is 36.4 Å². The van der Waals surface area contributed by atoms with Crippen LogP contribution in [0.25, 0.3) is 5.52 Å². The molecule has 142 valence electrons. The van der Waals surface area contributed by atoms with Crippen molar-refractivity contribution < 1.29 is 19.4 Å². The third kappa shape index (κ3) is 3.47. The van der Waals surface area contributed by atoms with Crippen molar-refractivity contribution in [2.75, 3.05) is 0 Å². The second-order valence-electron chi connectivity index (χ2n) is 6.25. The van der Waals surface area contributed by atoms with Crippen molar-refractivity contribution >= 4 is 11.5 Å². The zero-order valence-corrected chi connectivity index (χ0v) is 15.4. The van der Waals surface area contributed by atoms with Gasteiger partial charge < -0.3 is 14.6 Å². The lowest BCUT2D eigenvalue weighted by Crippen LogP contribution is -1.97. The van der Waals surface area contributed by atoms with E-state index in [-0.39, 0.29) is 16.9 Å². The molecule has 4 aromatic rings. The Bertz CT molecular complexity index is 1240. The van der Waals surface area contributed by atoms with Crippen LogP contribution in [0.1, 0.15) is 21.5 Å². The molecule has 1 N–H and O–H groups in total. The number of ether oxygens (including phenoxy) is 2. The Morgan fingerprint density at radius 3 is 2.28 bits per heavy atom. The number of para-hydroxylation sites is 1. The zero-order valence-electron chi connectivity index (χ0n) is 15.4. The Balaban J connectivity index is 1.68. The molecule has 0 unspecified atom stereocenters. The highest BCUT2D eigenvalue weighted by Gasteiger charge is 2.20. The van der Waals surface area contributed by atoms with E-state index in [0.717, 1.165) is 0 Å². The molecule has 29 heavy (non-hydrogen) atoms. The fourth-order valence-electron chi connectivity index (χ4n) is 2.97. The van der Waals surface area contributed by atoms with Crippen LogP contribution < -0.4 is 9.47 Å². The summed E-state index contributed by atoms with van der Waals surface area (Å²) in [5.41, 5.74) is 1.22. The highest BCUT2D eigenvalue weighted by atomic mass is 16.5. The summed E-state index contributed by atoms with van der Waals surface area (Å²) < 4.78 is 13.1. The van der Waals surface area contributed by atoms with Crippen LogP contribution in [0, 0.1) is 18.3 Å². The molecule has 4 rings (SSSR count). The molecule has 0 fully saturated rings. The first-order valence-electron chi connectivity index (χ1n) is 8.72. The van der Waals surface area contributed by atoms with Gasteiger partial charge in [0.1, 0.15) is 34.4 Å². The quantitative estimate of drug-likeness (QED) is 0.530. The predicted octanol–water partition coefficient (Wildman–Crippen LogP) is 4.80. The number of carboxylic acids is 1. The lowest BCUT2D eigenvalue weighted by atomic mass is 10.1. The van der Waals surface area contributed by atoms with E-state index in [0.29, 0.717) is 28.3 Å². The van der Waals surface area contributed by atoms with E-state index in [2.05, 4.69) is 5.10 Å². The lowest BCUT2D eigenvalue weighted by molar-refractivity contribution is 0.0696. The summed E-state index contributed by atoms with van der Waals surface area (Å²) in [7, 11) is 0. The Labute approximate surface area is 166 Å². The second kappa shape index (κ2) is 7.37. The summed E-state index contributed by atoms with van der Waals surface area (Å²) in [4.78, 5) is 11.4. The first-order valence-corrected chi connectivity index (χ1v) is 8.72. The van der Waals surface area contributed by atoms with Crippen LogP contribution in [0.3, 0.4) is 0 Å². The van der Waals surface area contributed by atoms with Gasteiger partial charge in [0.2, 0.25) is 0 Å². The minimum atomic E-state index is -1.07. The van der Waals surface area contributed by atoms with Gasteiger partial charge in [-0.15, -0.1) is 0 Å². The predicted molar refractivity (Wildman–Crippen MR) is 105 cm³/mol. The van der Waals surface area contributed by atoms with Crippen molar-refractivity contribution in [3.63, 3.8) is 0 Å². The van der Waals surface area contributed by atoms with E-state index < -0.39 is 5.97 Å². The van der Waals surface area contributed by atoms with Crippen LogP contribution in [0.4, 0.5) is 0 Å². The number of hydrogen-bond acceptors (Lipinski definition) is 5. The van der Waals surface area contributed by atoms with Crippen molar-refractivity contribution in [3.8, 4) is 29.1 Å². The molecule has 0 aliphatic rings. The Morgan fingerprint density at radius 1 is 1.03 bits per heavy atom. The number of aryl methyl sites for hydroxylation is 1. The van der Waals surface area contributed by atoms with Gasteiger partial charge in [-0.2, -0.15) is 10.4 Å². The number of carboxylic acid groups (broad SMARTS) is 1. The molecule has 2 aromatic carbocycles. The van der Waals surface area contributed by atoms with Crippen molar-refractivity contribution in [1.82, 2.24) is 9.61 Å². The van der Waals surface area contributed by atoms with Crippen LogP contribution in [0.5, 0.6) is 23.0 Å². The van der Waals surface area contributed by atoms with Gasteiger partial charge in [0.05, 0.1) is 11.8 Å². The number of carbonyl (C=O) groups is 1. The standard InChI is InChI=1S/C22H15N3O4/c1-14-19(22(26)27)13-25-20(14)21(15(11-23)12-24-25)29-18-9-7-17(8-10-18)28-16-5-3-2-4-6-16/h2-10,12-13H,1H3,(H,26,27). The van der Waals surface area contributed by atoms with Crippen LogP contribution in [-0.4, -0.2) is 20.7 Å². The molecular formula is C22H15N3O4. The molecule has 0 amide bonds. The number of benzene rings is 2. The second-order valence-corrected chi connectivity index (χ2v) is 6.25. The molecule has 7 heteroatoms. The molecule has 0 aliphatic heterocycles. The third-order valence-corrected chi connectivity index (χ3v) is 4.38. The smallest absolute Gasteiger partial charge is 0.337 e. The van der Waals surface area contributed by atoms with Gasteiger partial charge in [-0.3, -0.25) is 0 Å². The summed E-state index contributed by atoms with van der Waals surface area (Å²) in [6, 6.07) is 18.4. The number of fused-ring (bicyclic) bond motifs is 1. The van der Waals surface area contributed by atoms with Crippen molar-refractivity contribution in [3.05, 3.63) is 83.7 Å². The number of nitrogens with zero attached hydrogens (tertiary/aromatic N) is 3. The molecular weight excluding hydrogens is 370 g/mol. The van der Waals surface area contributed by atoms with Gasteiger partial charge >= 0.3 is 5.97 Å². The molecule has 0 bridgehead atoms. The van der Waals surface area contributed by atoms with Crippen LogP contribution in [0.15, 0.2) is 67.0 Å². The average molecular weight is 385 g/mol. The molecule has 0 aliphatic carbocycles. The maximum absolute atomic E-state index is 11.4. The number of rotatable bonds is 5. The van der Waals surface area contributed by atoms with Gasteiger partial charge in [-0.25, -0.2) is 9.31 Å².